The summed E-state index contributed by atoms with van der Waals surface area (Å²) in [5, 5.41) is 4.02. The van der Waals surface area contributed by atoms with Gasteiger partial charge in [-0.25, -0.2) is 18.1 Å². The molecule has 0 aliphatic heterocycles. The molecule has 0 aliphatic rings. The second-order valence-electron chi connectivity index (χ2n) is 4.38. The van der Waals surface area contributed by atoms with Crippen molar-refractivity contribution in [1.29, 1.82) is 0 Å². The van der Waals surface area contributed by atoms with Crippen molar-refractivity contribution in [3.8, 4) is 0 Å². The summed E-state index contributed by atoms with van der Waals surface area (Å²) in [6.07, 6.45) is 2.12. The molecule has 3 N–H and O–H groups in total. The number of hydrogen-bond donors (Lipinski definition) is 2. The molecule has 0 saturated heterocycles. The molecule has 0 atom stereocenters. The van der Waals surface area contributed by atoms with Gasteiger partial charge in [-0.15, -0.1) is 0 Å². The van der Waals surface area contributed by atoms with Crippen LogP contribution < -0.4 is 10.5 Å². The average Bonchev–Trinajstić information content (AvgIpc) is 2.82. The zero-order valence-corrected chi connectivity index (χ0v) is 12.2. The summed E-state index contributed by atoms with van der Waals surface area (Å²) in [7, 11) is -1.91. The summed E-state index contributed by atoms with van der Waals surface area (Å²) in [5.41, 5.74) is 6.81. The maximum absolute atomic E-state index is 12.3. The van der Waals surface area contributed by atoms with Gasteiger partial charge in [0.2, 0.25) is 10.0 Å². The molecule has 8 heteroatoms. The SMILES string of the molecule is CCc1ccc(N)cc1S(=O)(=O)NCc1ncn(C)n1. The van der Waals surface area contributed by atoms with Crippen molar-refractivity contribution in [3.05, 3.63) is 35.9 Å². The van der Waals surface area contributed by atoms with Crippen molar-refractivity contribution in [1.82, 2.24) is 19.5 Å². The lowest BCUT2D eigenvalue weighted by molar-refractivity contribution is 0.577. The van der Waals surface area contributed by atoms with Crippen LogP contribution in [0.3, 0.4) is 0 Å². The highest BCUT2D eigenvalue weighted by molar-refractivity contribution is 7.89. The van der Waals surface area contributed by atoms with Crippen LogP contribution in [-0.4, -0.2) is 23.2 Å². The minimum Gasteiger partial charge on any atom is -0.399 e. The number of nitrogens with zero attached hydrogens (tertiary/aromatic N) is 3. The standard InChI is InChI=1S/C12H17N5O2S/c1-3-9-4-5-10(13)6-11(9)20(18,19)15-7-12-14-8-17(2)16-12/h4-6,8,15H,3,7,13H2,1-2H3. The lowest BCUT2D eigenvalue weighted by atomic mass is 10.1. The van der Waals surface area contributed by atoms with Gasteiger partial charge in [-0.2, -0.15) is 5.10 Å². The summed E-state index contributed by atoms with van der Waals surface area (Å²) in [6.45, 7) is 1.94. The minimum absolute atomic E-state index is 0.0428. The van der Waals surface area contributed by atoms with Crippen molar-refractivity contribution in [3.63, 3.8) is 0 Å². The number of sulfonamides is 1. The first kappa shape index (κ1) is 14.5. The van der Waals surface area contributed by atoms with E-state index < -0.39 is 10.0 Å². The van der Waals surface area contributed by atoms with Gasteiger partial charge >= 0.3 is 0 Å². The molecule has 108 valence electrons. The van der Waals surface area contributed by atoms with Crippen LogP contribution in [0.2, 0.25) is 0 Å². The van der Waals surface area contributed by atoms with Crippen molar-refractivity contribution in [2.24, 2.45) is 7.05 Å². The smallest absolute Gasteiger partial charge is 0.241 e. The van der Waals surface area contributed by atoms with E-state index in [0.29, 0.717) is 17.9 Å². The molecule has 0 bridgehead atoms. The second-order valence-corrected chi connectivity index (χ2v) is 6.12. The molecule has 7 nitrogen and oxygen atoms in total. The number of rotatable bonds is 5. The van der Waals surface area contributed by atoms with E-state index in [9.17, 15) is 8.42 Å². The highest BCUT2D eigenvalue weighted by Gasteiger charge is 2.18. The van der Waals surface area contributed by atoms with E-state index in [1.807, 2.05) is 6.92 Å². The van der Waals surface area contributed by atoms with Crippen molar-refractivity contribution in [2.45, 2.75) is 24.8 Å². The fourth-order valence-corrected chi connectivity index (χ4v) is 3.14. The largest absolute Gasteiger partial charge is 0.399 e. The number of nitrogen functional groups attached to an aromatic ring is 1. The molecular weight excluding hydrogens is 278 g/mol. The Morgan fingerprint density at radius 1 is 1.40 bits per heavy atom. The third-order valence-corrected chi connectivity index (χ3v) is 4.31. The van der Waals surface area contributed by atoms with Crippen LogP contribution in [0, 0.1) is 0 Å². The summed E-state index contributed by atoms with van der Waals surface area (Å²) in [5.74, 6) is 0.415. The van der Waals surface area contributed by atoms with E-state index >= 15 is 0 Å². The van der Waals surface area contributed by atoms with E-state index in [0.717, 1.165) is 5.56 Å². The lowest BCUT2D eigenvalue weighted by Gasteiger charge is -2.10. The summed E-state index contributed by atoms with van der Waals surface area (Å²) in [6, 6.07) is 4.88. The van der Waals surface area contributed by atoms with E-state index in [1.165, 1.54) is 17.1 Å². The summed E-state index contributed by atoms with van der Waals surface area (Å²) < 4.78 is 28.6. The summed E-state index contributed by atoms with van der Waals surface area (Å²) in [4.78, 5) is 4.18. The van der Waals surface area contributed by atoms with Gasteiger partial charge in [0.25, 0.3) is 0 Å². The number of aryl methyl sites for hydroxylation is 2. The fourth-order valence-electron chi connectivity index (χ4n) is 1.82. The summed E-state index contributed by atoms with van der Waals surface area (Å²) >= 11 is 0. The van der Waals surface area contributed by atoms with Crippen molar-refractivity contribution >= 4 is 15.7 Å². The first-order valence-corrected chi connectivity index (χ1v) is 7.63. The Labute approximate surface area is 117 Å². The predicted octanol–water partition coefficient (Wildman–Crippen LogP) is 0.438. The maximum atomic E-state index is 12.3. The Hall–Kier alpha value is -1.93. The van der Waals surface area contributed by atoms with Gasteiger partial charge in [-0.3, -0.25) is 4.68 Å². The molecule has 1 aromatic carbocycles. The first-order chi connectivity index (χ1) is 9.42. The molecule has 2 rings (SSSR count). The molecule has 0 amide bonds. The second kappa shape index (κ2) is 5.59. The van der Waals surface area contributed by atoms with Gasteiger partial charge < -0.3 is 5.73 Å². The Balaban J connectivity index is 2.24. The van der Waals surface area contributed by atoms with Gasteiger partial charge in [0.05, 0.1) is 11.4 Å². The third kappa shape index (κ3) is 3.14. The zero-order chi connectivity index (χ0) is 14.8. The van der Waals surface area contributed by atoms with Gasteiger partial charge in [0.1, 0.15) is 6.33 Å². The molecule has 1 aromatic heterocycles. The number of hydrogen-bond acceptors (Lipinski definition) is 5. The van der Waals surface area contributed by atoms with E-state index in [-0.39, 0.29) is 11.4 Å². The van der Waals surface area contributed by atoms with Crippen LogP contribution in [0.4, 0.5) is 5.69 Å². The quantitative estimate of drug-likeness (QED) is 0.779. The predicted molar refractivity (Wildman–Crippen MR) is 75.3 cm³/mol. The highest BCUT2D eigenvalue weighted by Crippen LogP contribution is 2.19. The maximum Gasteiger partial charge on any atom is 0.241 e. The number of aromatic nitrogens is 3. The molecule has 2 aromatic rings. The van der Waals surface area contributed by atoms with Crippen molar-refractivity contribution in [2.75, 3.05) is 5.73 Å². The normalized spacial score (nSPS) is 11.7. The Morgan fingerprint density at radius 3 is 2.75 bits per heavy atom. The van der Waals surface area contributed by atoms with Gasteiger partial charge in [-0.05, 0) is 24.1 Å². The molecular formula is C12H17N5O2S. The number of nitrogens with two attached hydrogens (primary N) is 1. The van der Waals surface area contributed by atoms with E-state index in [2.05, 4.69) is 14.8 Å². The van der Waals surface area contributed by atoms with Gasteiger partial charge in [-0.1, -0.05) is 13.0 Å². The minimum atomic E-state index is -3.63. The molecule has 0 unspecified atom stereocenters. The molecule has 1 heterocycles. The topological polar surface area (TPSA) is 103 Å². The Kier molecular flexibility index (Phi) is 4.05. The first-order valence-electron chi connectivity index (χ1n) is 6.15. The molecule has 0 fully saturated rings. The fraction of sp³-hybridized carbons (Fsp3) is 0.333. The van der Waals surface area contributed by atoms with Gasteiger partial charge in [0.15, 0.2) is 5.82 Å². The molecule has 0 saturated carbocycles. The van der Waals surface area contributed by atoms with Crippen LogP contribution in [0.1, 0.15) is 18.3 Å². The van der Waals surface area contributed by atoms with E-state index in [4.69, 9.17) is 5.73 Å². The number of benzene rings is 1. The van der Waals surface area contributed by atoms with Gasteiger partial charge in [0, 0.05) is 12.7 Å². The Bertz CT molecular complexity index is 708. The average molecular weight is 295 g/mol. The molecule has 0 spiro atoms. The van der Waals surface area contributed by atoms with Crippen LogP contribution >= 0.6 is 0 Å². The van der Waals surface area contributed by atoms with Crippen LogP contribution in [0.5, 0.6) is 0 Å². The van der Waals surface area contributed by atoms with Crippen LogP contribution in [0.15, 0.2) is 29.4 Å². The lowest BCUT2D eigenvalue weighted by Crippen LogP contribution is -2.25. The van der Waals surface area contributed by atoms with Crippen molar-refractivity contribution < 1.29 is 8.42 Å². The molecule has 20 heavy (non-hydrogen) atoms. The third-order valence-electron chi connectivity index (χ3n) is 2.83. The molecule has 0 radical (unpaired) electrons. The zero-order valence-electron chi connectivity index (χ0n) is 11.4. The number of nitrogens with one attached hydrogen (secondary N) is 1. The van der Waals surface area contributed by atoms with E-state index in [1.54, 1.807) is 19.2 Å². The highest BCUT2D eigenvalue weighted by atomic mass is 32.2. The van der Waals surface area contributed by atoms with Crippen LogP contribution in [-0.2, 0) is 30.0 Å². The molecule has 0 aliphatic carbocycles. The number of anilines is 1. The monoisotopic (exact) mass is 295 g/mol. The Morgan fingerprint density at radius 2 is 2.15 bits per heavy atom. The van der Waals surface area contributed by atoms with Crippen LogP contribution in [0.25, 0.3) is 0 Å².